The molecule has 1 aliphatic rings. The molecule has 0 radical (unpaired) electrons. The van der Waals surface area contributed by atoms with Crippen LogP contribution < -0.4 is 15.8 Å². The van der Waals surface area contributed by atoms with Crippen LogP contribution in [-0.2, 0) is 11.3 Å². The van der Waals surface area contributed by atoms with E-state index < -0.39 is 0 Å². The van der Waals surface area contributed by atoms with Gasteiger partial charge in [-0.3, -0.25) is 9.79 Å². The molecule has 0 saturated carbocycles. The zero-order valence-electron chi connectivity index (χ0n) is 14.2. The third-order valence-corrected chi connectivity index (χ3v) is 4.69. The first-order chi connectivity index (χ1) is 11.5. The van der Waals surface area contributed by atoms with E-state index in [1.165, 1.54) is 0 Å². The van der Waals surface area contributed by atoms with Crippen LogP contribution in [-0.4, -0.2) is 44.0 Å². The number of aliphatic imine (C=N–C) groups is 1. The van der Waals surface area contributed by atoms with Crippen LogP contribution in [0.1, 0.15) is 24.8 Å². The normalized spacial score (nSPS) is 18.4. The Balaban J connectivity index is 2.00. The van der Waals surface area contributed by atoms with Crippen molar-refractivity contribution in [2.45, 2.75) is 25.8 Å². The highest BCUT2D eigenvalue weighted by Crippen LogP contribution is 2.23. The Bertz CT molecular complexity index is 606. The van der Waals surface area contributed by atoms with E-state index in [2.05, 4.69) is 31.1 Å². The zero-order valence-corrected chi connectivity index (χ0v) is 15.8. The summed E-state index contributed by atoms with van der Waals surface area (Å²) in [7, 11) is 3.44. The fourth-order valence-electron chi connectivity index (χ4n) is 3.10. The molecule has 1 unspecified atom stereocenters. The van der Waals surface area contributed by atoms with E-state index in [1.54, 1.807) is 14.2 Å². The number of piperidine rings is 1. The number of guanidine groups is 1. The predicted molar refractivity (Wildman–Crippen MR) is 99.0 cm³/mol. The molecule has 7 heteroatoms. The van der Waals surface area contributed by atoms with Crippen LogP contribution >= 0.6 is 15.9 Å². The van der Waals surface area contributed by atoms with Crippen LogP contribution in [0.4, 0.5) is 0 Å². The number of ether oxygens (including phenoxy) is 1. The summed E-state index contributed by atoms with van der Waals surface area (Å²) in [4.78, 5) is 17.7. The summed E-state index contributed by atoms with van der Waals surface area (Å²) < 4.78 is 6.42. The van der Waals surface area contributed by atoms with E-state index in [0.29, 0.717) is 18.9 Å². The van der Waals surface area contributed by atoms with Gasteiger partial charge in [-0.05, 0) is 37.0 Å². The molecular formula is C17H25BrN4O2. The molecule has 1 heterocycles. The van der Waals surface area contributed by atoms with E-state index in [4.69, 9.17) is 10.5 Å². The highest BCUT2D eigenvalue weighted by atomic mass is 79.9. The summed E-state index contributed by atoms with van der Waals surface area (Å²) in [5.41, 5.74) is 6.39. The molecule has 0 aromatic heterocycles. The molecule has 1 atom stereocenters. The second kappa shape index (κ2) is 8.92. The molecular weight excluding hydrogens is 372 g/mol. The first kappa shape index (κ1) is 18.6. The fourth-order valence-corrected chi connectivity index (χ4v) is 3.51. The summed E-state index contributed by atoms with van der Waals surface area (Å²) in [6.45, 7) is 2.36. The van der Waals surface area contributed by atoms with Gasteiger partial charge in [-0.15, -0.1) is 0 Å². The van der Waals surface area contributed by atoms with Crippen molar-refractivity contribution >= 4 is 27.8 Å². The molecule has 1 aromatic rings. The van der Waals surface area contributed by atoms with Crippen molar-refractivity contribution in [3.8, 4) is 5.75 Å². The second-order valence-corrected chi connectivity index (χ2v) is 6.90. The number of nitrogens with two attached hydrogens (primary N) is 1. The predicted octanol–water partition coefficient (Wildman–Crippen LogP) is 2.12. The second-order valence-electron chi connectivity index (χ2n) is 5.98. The lowest BCUT2D eigenvalue weighted by Gasteiger charge is -2.34. The Morgan fingerprint density at radius 1 is 1.54 bits per heavy atom. The number of nitrogens with one attached hydrogen (secondary N) is 1. The van der Waals surface area contributed by atoms with Crippen molar-refractivity contribution in [1.82, 2.24) is 10.2 Å². The number of amides is 1. The number of rotatable bonds is 5. The first-order valence-electron chi connectivity index (χ1n) is 8.09. The minimum absolute atomic E-state index is 0.233. The Morgan fingerprint density at radius 3 is 3.00 bits per heavy atom. The van der Waals surface area contributed by atoms with Crippen molar-refractivity contribution in [1.29, 1.82) is 0 Å². The van der Waals surface area contributed by atoms with Gasteiger partial charge in [0.05, 0.1) is 7.11 Å². The van der Waals surface area contributed by atoms with Gasteiger partial charge in [-0.1, -0.05) is 15.9 Å². The molecule has 0 aliphatic carbocycles. The van der Waals surface area contributed by atoms with Crippen LogP contribution in [0.15, 0.2) is 27.7 Å². The third-order valence-electron chi connectivity index (χ3n) is 4.20. The van der Waals surface area contributed by atoms with E-state index in [9.17, 15) is 4.79 Å². The van der Waals surface area contributed by atoms with Gasteiger partial charge in [0.1, 0.15) is 5.75 Å². The van der Waals surface area contributed by atoms with Crippen LogP contribution in [0.2, 0.25) is 0 Å². The highest BCUT2D eigenvalue weighted by molar-refractivity contribution is 9.10. The number of carbonyl (C=O) groups excluding carboxylic acids is 1. The molecule has 1 amide bonds. The maximum Gasteiger partial charge on any atom is 0.217 e. The summed E-state index contributed by atoms with van der Waals surface area (Å²) in [6.07, 6.45) is 2.52. The minimum atomic E-state index is -0.233. The lowest BCUT2D eigenvalue weighted by Crippen LogP contribution is -2.46. The molecule has 1 aromatic carbocycles. The third kappa shape index (κ3) is 5.12. The van der Waals surface area contributed by atoms with Gasteiger partial charge in [0.15, 0.2) is 5.96 Å². The lowest BCUT2D eigenvalue weighted by atomic mass is 9.95. The molecule has 3 N–H and O–H groups in total. The van der Waals surface area contributed by atoms with Crippen molar-refractivity contribution < 1.29 is 9.53 Å². The molecule has 2 rings (SSSR count). The summed E-state index contributed by atoms with van der Waals surface area (Å²) in [5, 5.41) is 3.39. The van der Waals surface area contributed by atoms with Crippen molar-refractivity contribution in [2.75, 3.05) is 27.2 Å². The number of methoxy groups -OCH3 is 1. The molecule has 132 valence electrons. The maximum absolute atomic E-state index is 11.2. The van der Waals surface area contributed by atoms with Gasteiger partial charge in [-0.25, -0.2) is 0 Å². The van der Waals surface area contributed by atoms with E-state index in [-0.39, 0.29) is 5.91 Å². The largest absolute Gasteiger partial charge is 0.496 e. The van der Waals surface area contributed by atoms with Gasteiger partial charge in [0, 0.05) is 43.1 Å². The summed E-state index contributed by atoms with van der Waals surface area (Å²) >= 11 is 3.49. The average Bonchev–Trinajstić information content (AvgIpc) is 2.55. The molecule has 24 heavy (non-hydrogen) atoms. The summed E-state index contributed by atoms with van der Waals surface area (Å²) in [6, 6.07) is 5.93. The number of hydrogen-bond donors (Lipinski definition) is 2. The van der Waals surface area contributed by atoms with Crippen LogP contribution in [0, 0.1) is 5.92 Å². The fraction of sp³-hybridized carbons (Fsp3) is 0.529. The molecule has 1 fully saturated rings. The smallest absolute Gasteiger partial charge is 0.217 e. The Kier molecular flexibility index (Phi) is 6.90. The SMILES string of the molecule is CN=C(NCc1cc(Br)ccc1OC)N1CCCC(CC(N)=O)C1. The van der Waals surface area contributed by atoms with Gasteiger partial charge < -0.3 is 20.7 Å². The number of hydrogen-bond acceptors (Lipinski definition) is 3. The number of benzene rings is 1. The number of carbonyl (C=O) groups is 1. The molecule has 1 saturated heterocycles. The van der Waals surface area contributed by atoms with Gasteiger partial charge in [0.2, 0.25) is 5.91 Å². The Morgan fingerprint density at radius 2 is 2.33 bits per heavy atom. The average molecular weight is 397 g/mol. The van der Waals surface area contributed by atoms with E-state index >= 15 is 0 Å². The van der Waals surface area contributed by atoms with Crippen molar-refractivity contribution in [2.24, 2.45) is 16.6 Å². The monoisotopic (exact) mass is 396 g/mol. The standard InChI is InChI=1S/C17H25BrN4O2/c1-20-17(22-7-3-4-12(11-22)8-16(19)23)21-10-13-9-14(18)5-6-15(13)24-2/h5-6,9,12H,3-4,7-8,10-11H2,1-2H3,(H2,19,23)(H,20,21). The molecule has 0 bridgehead atoms. The first-order valence-corrected chi connectivity index (χ1v) is 8.89. The van der Waals surface area contributed by atoms with Gasteiger partial charge in [-0.2, -0.15) is 0 Å². The van der Waals surface area contributed by atoms with E-state index in [0.717, 1.165) is 47.7 Å². The van der Waals surface area contributed by atoms with Crippen LogP contribution in [0.5, 0.6) is 5.75 Å². The van der Waals surface area contributed by atoms with Crippen LogP contribution in [0.3, 0.4) is 0 Å². The van der Waals surface area contributed by atoms with E-state index in [1.807, 2.05) is 18.2 Å². The molecule has 6 nitrogen and oxygen atoms in total. The topological polar surface area (TPSA) is 80.0 Å². The highest BCUT2D eigenvalue weighted by Gasteiger charge is 2.23. The number of likely N-dealkylation sites (tertiary alicyclic amines) is 1. The van der Waals surface area contributed by atoms with Gasteiger partial charge >= 0.3 is 0 Å². The molecule has 1 aliphatic heterocycles. The van der Waals surface area contributed by atoms with Gasteiger partial charge in [0.25, 0.3) is 0 Å². The molecule has 0 spiro atoms. The number of halogens is 1. The zero-order chi connectivity index (χ0) is 17.5. The minimum Gasteiger partial charge on any atom is -0.496 e. The Labute approximate surface area is 151 Å². The van der Waals surface area contributed by atoms with Crippen LogP contribution in [0.25, 0.3) is 0 Å². The number of primary amides is 1. The van der Waals surface area contributed by atoms with Crippen molar-refractivity contribution in [3.05, 3.63) is 28.2 Å². The Hall–Kier alpha value is -1.76. The van der Waals surface area contributed by atoms with Crippen molar-refractivity contribution in [3.63, 3.8) is 0 Å². The quantitative estimate of drug-likeness (QED) is 0.589. The lowest BCUT2D eigenvalue weighted by molar-refractivity contribution is -0.119. The number of nitrogens with zero attached hydrogens (tertiary/aromatic N) is 2. The maximum atomic E-state index is 11.2. The summed E-state index contributed by atoms with van der Waals surface area (Å²) in [5.74, 6) is 1.75.